The summed E-state index contributed by atoms with van der Waals surface area (Å²) in [5.74, 6) is 4.54. The van der Waals surface area contributed by atoms with Gasteiger partial charge in [0.25, 0.3) is 0 Å². The van der Waals surface area contributed by atoms with Crippen molar-refractivity contribution >= 4 is 15.9 Å². The number of alkyl halides is 3. The third kappa shape index (κ3) is 3.10. The summed E-state index contributed by atoms with van der Waals surface area (Å²) >= 11 is 2.86. The fourth-order valence-electron chi connectivity index (χ4n) is 1.18. The summed E-state index contributed by atoms with van der Waals surface area (Å²) in [6, 6.07) is 1.70. The standard InChI is InChI=1S/C9H9BrF3NO2/c10-7-4-6(9(11,12)13)3-5(8(7)15)1-2-16-14/h3-4,15H,1-2,14H2. The molecule has 16 heavy (non-hydrogen) atoms. The van der Waals surface area contributed by atoms with E-state index in [0.717, 1.165) is 12.1 Å². The molecule has 3 nitrogen and oxygen atoms in total. The number of hydrogen-bond acceptors (Lipinski definition) is 3. The van der Waals surface area contributed by atoms with Crippen LogP contribution in [0.3, 0.4) is 0 Å². The summed E-state index contributed by atoms with van der Waals surface area (Å²) < 4.78 is 37.3. The molecule has 0 radical (unpaired) electrons. The van der Waals surface area contributed by atoms with Crippen molar-refractivity contribution in [1.82, 2.24) is 0 Å². The third-order valence-electron chi connectivity index (χ3n) is 1.96. The van der Waals surface area contributed by atoms with Crippen LogP contribution in [0.4, 0.5) is 13.2 Å². The highest BCUT2D eigenvalue weighted by Crippen LogP contribution is 2.37. The number of hydrogen-bond donors (Lipinski definition) is 2. The second kappa shape index (κ2) is 5.03. The van der Waals surface area contributed by atoms with E-state index in [9.17, 15) is 18.3 Å². The van der Waals surface area contributed by atoms with Crippen molar-refractivity contribution in [1.29, 1.82) is 0 Å². The maximum atomic E-state index is 12.4. The van der Waals surface area contributed by atoms with Gasteiger partial charge >= 0.3 is 6.18 Å². The molecule has 0 atom stereocenters. The van der Waals surface area contributed by atoms with Crippen LogP contribution in [-0.2, 0) is 17.4 Å². The summed E-state index contributed by atoms with van der Waals surface area (Å²) in [5.41, 5.74) is -0.698. The minimum Gasteiger partial charge on any atom is -0.506 e. The fraction of sp³-hybridized carbons (Fsp3) is 0.333. The first-order chi connectivity index (χ1) is 7.36. The zero-order valence-electron chi connectivity index (χ0n) is 8.01. The SMILES string of the molecule is NOCCc1cc(C(F)(F)F)cc(Br)c1O. The van der Waals surface area contributed by atoms with Crippen molar-refractivity contribution < 1.29 is 23.1 Å². The lowest BCUT2D eigenvalue weighted by molar-refractivity contribution is -0.137. The Bertz CT molecular complexity index is 382. The van der Waals surface area contributed by atoms with Gasteiger partial charge in [0.1, 0.15) is 5.75 Å². The van der Waals surface area contributed by atoms with Crippen LogP contribution in [0.15, 0.2) is 16.6 Å². The normalized spacial score (nSPS) is 11.8. The van der Waals surface area contributed by atoms with E-state index in [1.165, 1.54) is 0 Å². The minimum atomic E-state index is -4.45. The summed E-state index contributed by atoms with van der Waals surface area (Å²) in [6.45, 7) is 0.0291. The number of benzene rings is 1. The van der Waals surface area contributed by atoms with Crippen molar-refractivity contribution in [3.8, 4) is 5.75 Å². The summed E-state index contributed by atoms with van der Waals surface area (Å²) in [5, 5.41) is 9.50. The van der Waals surface area contributed by atoms with E-state index in [1.54, 1.807) is 0 Å². The Kier molecular flexibility index (Phi) is 4.17. The number of phenols is 1. The molecule has 0 spiro atoms. The number of phenolic OH excluding ortho intramolecular Hbond substituents is 1. The van der Waals surface area contributed by atoms with Crippen LogP contribution >= 0.6 is 15.9 Å². The highest BCUT2D eigenvalue weighted by atomic mass is 79.9. The van der Waals surface area contributed by atoms with Gasteiger partial charge < -0.3 is 9.94 Å². The molecule has 1 aromatic rings. The zero-order chi connectivity index (χ0) is 12.3. The highest BCUT2D eigenvalue weighted by molar-refractivity contribution is 9.10. The lowest BCUT2D eigenvalue weighted by atomic mass is 10.1. The topological polar surface area (TPSA) is 55.5 Å². The number of nitrogens with two attached hydrogens (primary N) is 1. The molecule has 0 aliphatic rings. The molecular weight excluding hydrogens is 291 g/mol. The Labute approximate surface area is 98.1 Å². The van der Waals surface area contributed by atoms with Gasteiger partial charge in [-0.25, -0.2) is 5.90 Å². The largest absolute Gasteiger partial charge is 0.506 e. The molecule has 1 rings (SSSR count). The molecule has 0 amide bonds. The van der Waals surface area contributed by atoms with Crippen LogP contribution in [0.2, 0.25) is 0 Å². The molecule has 0 fully saturated rings. The van der Waals surface area contributed by atoms with Gasteiger partial charge in [-0.1, -0.05) is 0 Å². The predicted molar refractivity (Wildman–Crippen MR) is 54.7 cm³/mol. The average molecular weight is 300 g/mol. The molecule has 0 heterocycles. The second-order valence-corrected chi connectivity index (χ2v) is 3.94. The lowest BCUT2D eigenvalue weighted by Crippen LogP contribution is -2.08. The van der Waals surface area contributed by atoms with Gasteiger partial charge in [0, 0.05) is 6.42 Å². The smallest absolute Gasteiger partial charge is 0.416 e. The van der Waals surface area contributed by atoms with Crippen LogP contribution < -0.4 is 5.90 Å². The van der Waals surface area contributed by atoms with Gasteiger partial charge in [-0.05, 0) is 33.6 Å². The van der Waals surface area contributed by atoms with E-state index in [0.29, 0.717) is 0 Å². The van der Waals surface area contributed by atoms with Crippen molar-refractivity contribution in [2.45, 2.75) is 12.6 Å². The van der Waals surface area contributed by atoms with E-state index < -0.39 is 11.7 Å². The van der Waals surface area contributed by atoms with E-state index >= 15 is 0 Å². The Morgan fingerprint density at radius 1 is 1.38 bits per heavy atom. The maximum Gasteiger partial charge on any atom is 0.416 e. The van der Waals surface area contributed by atoms with Crippen LogP contribution in [0.5, 0.6) is 5.75 Å². The summed E-state index contributed by atoms with van der Waals surface area (Å²) in [7, 11) is 0. The fourth-order valence-corrected chi connectivity index (χ4v) is 1.68. The Morgan fingerprint density at radius 2 is 2.00 bits per heavy atom. The van der Waals surface area contributed by atoms with Crippen molar-refractivity contribution in [3.05, 3.63) is 27.7 Å². The summed E-state index contributed by atoms with van der Waals surface area (Å²) in [4.78, 5) is 4.26. The van der Waals surface area contributed by atoms with Gasteiger partial charge in [-0.3, -0.25) is 0 Å². The first-order valence-corrected chi connectivity index (χ1v) is 5.06. The monoisotopic (exact) mass is 299 g/mol. The van der Waals surface area contributed by atoms with Crippen LogP contribution in [-0.4, -0.2) is 11.7 Å². The van der Waals surface area contributed by atoms with Crippen LogP contribution in [0.25, 0.3) is 0 Å². The van der Waals surface area contributed by atoms with Crippen molar-refractivity contribution in [3.63, 3.8) is 0 Å². The lowest BCUT2D eigenvalue weighted by Gasteiger charge is -2.11. The van der Waals surface area contributed by atoms with Crippen molar-refractivity contribution in [2.24, 2.45) is 5.90 Å². The second-order valence-electron chi connectivity index (χ2n) is 3.08. The molecule has 0 saturated carbocycles. The number of halogens is 4. The van der Waals surface area contributed by atoms with Crippen LogP contribution in [0.1, 0.15) is 11.1 Å². The van der Waals surface area contributed by atoms with Gasteiger partial charge in [0.15, 0.2) is 0 Å². The van der Waals surface area contributed by atoms with Gasteiger partial charge in [0.2, 0.25) is 0 Å². The maximum absolute atomic E-state index is 12.4. The highest BCUT2D eigenvalue weighted by Gasteiger charge is 2.31. The molecule has 0 bridgehead atoms. The molecule has 1 aromatic carbocycles. The summed E-state index contributed by atoms with van der Waals surface area (Å²) in [6.07, 6.45) is -4.35. The van der Waals surface area contributed by atoms with Gasteiger partial charge in [-0.15, -0.1) is 0 Å². The average Bonchev–Trinajstić information content (AvgIpc) is 2.18. The van der Waals surface area contributed by atoms with Crippen molar-refractivity contribution in [2.75, 3.05) is 6.61 Å². The minimum absolute atomic E-state index is 0.00523. The third-order valence-corrected chi connectivity index (χ3v) is 2.56. The quantitative estimate of drug-likeness (QED) is 0.844. The molecule has 7 heteroatoms. The Hall–Kier alpha value is -0.790. The van der Waals surface area contributed by atoms with E-state index in [-0.39, 0.29) is 28.8 Å². The van der Waals surface area contributed by atoms with E-state index in [2.05, 4.69) is 20.8 Å². The van der Waals surface area contributed by atoms with Crippen LogP contribution in [0, 0.1) is 0 Å². The predicted octanol–water partition coefficient (Wildman–Crippen LogP) is 2.61. The molecular formula is C9H9BrF3NO2. The first-order valence-electron chi connectivity index (χ1n) is 4.26. The molecule has 0 unspecified atom stereocenters. The van der Waals surface area contributed by atoms with Gasteiger partial charge in [-0.2, -0.15) is 13.2 Å². The van der Waals surface area contributed by atoms with E-state index in [4.69, 9.17) is 5.90 Å². The molecule has 0 saturated heterocycles. The number of rotatable bonds is 3. The molecule has 0 aliphatic carbocycles. The van der Waals surface area contributed by atoms with E-state index in [1.807, 2.05) is 0 Å². The Balaban J connectivity index is 3.12. The number of aromatic hydroxyl groups is 1. The zero-order valence-corrected chi connectivity index (χ0v) is 9.60. The Morgan fingerprint density at radius 3 is 2.50 bits per heavy atom. The van der Waals surface area contributed by atoms with Gasteiger partial charge in [0.05, 0.1) is 16.6 Å². The molecule has 0 aliphatic heterocycles. The molecule has 0 aromatic heterocycles. The first kappa shape index (κ1) is 13.3. The molecule has 90 valence electrons. The molecule has 3 N–H and O–H groups in total.